The number of hydrogen-bond acceptors (Lipinski definition) is 3. The fraction of sp³-hybridized carbons (Fsp3) is 0.643. The zero-order valence-corrected chi connectivity index (χ0v) is 10.7. The molecule has 3 nitrogen and oxygen atoms in total. The summed E-state index contributed by atoms with van der Waals surface area (Å²) in [6, 6.07) is 4.16. The lowest BCUT2D eigenvalue weighted by atomic mass is 9.94. The molecule has 1 fully saturated rings. The van der Waals surface area contributed by atoms with E-state index in [1.165, 1.54) is 24.8 Å². The van der Waals surface area contributed by atoms with E-state index in [0.29, 0.717) is 6.54 Å². The highest BCUT2D eigenvalue weighted by Gasteiger charge is 2.20. The molecular formula is C14H23N3. The molecule has 0 saturated carbocycles. The number of nitrogens with zero attached hydrogens (tertiary/aromatic N) is 2. The fourth-order valence-electron chi connectivity index (χ4n) is 2.62. The van der Waals surface area contributed by atoms with Crippen LogP contribution in [0.2, 0.25) is 0 Å². The second-order valence-electron chi connectivity index (χ2n) is 4.86. The third kappa shape index (κ3) is 2.97. The molecule has 1 saturated heterocycles. The van der Waals surface area contributed by atoms with Gasteiger partial charge in [0.25, 0.3) is 0 Å². The third-order valence-electron chi connectivity index (χ3n) is 3.77. The smallest absolute Gasteiger partial charge is 0.131 e. The maximum atomic E-state index is 5.66. The highest BCUT2D eigenvalue weighted by molar-refractivity contribution is 5.47. The second kappa shape index (κ2) is 6.01. The van der Waals surface area contributed by atoms with Crippen LogP contribution in [0.5, 0.6) is 0 Å². The van der Waals surface area contributed by atoms with Gasteiger partial charge in [-0.25, -0.2) is 4.98 Å². The summed E-state index contributed by atoms with van der Waals surface area (Å²) in [5.41, 5.74) is 6.95. The zero-order chi connectivity index (χ0) is 12.1. The van der Waals surface area contributed by atoms with Gasteiger partial charge in [0, 0.05) is 19.3 Å². The summed E-state index contributed by atoms with van der Waals surface area (Å²) in [5.74, 6) is 2.07. The second-order valence-corrected chi connectivity index (χ2v) is 4.86. The first-order valence-corrected chi connectivity index (χ1v) is 6.74. The van der Waals surface area contributed by atoms with Gasteiger partial charge in [0.2, 0.25) is 0 Å². The average molecular weight is 233 g/mol. The monoisotopic (exact) mass is 233 g/mol. The standard InChI is InChI=1S/C14H23N3/c1-2-12-6-10-17(11-7-12)14-13(5-8-15)4-3-9-16-14/h3-4,9,12H,2,5-8,10-11,15H2,1H3. The predicted molar refractivity (Wildman–Crippen MR) is 72.2 cm³/mol. The molecule has 0 bridgehead atoms. The summed E-state index contributed by atoms with van der Waals surface area (Å²) in [5, 5.41) is 0. The lowest BCUT2D eigenvalue weighted by Gasteiger charge is -2.33. The molecule has 3 heteroatoms. The lowest BCUT2D eigenvalue weighted by Crippen LogP contribution is -2.34. The van der Waals surface area contributed by atoms with Crippen molar-refractivity contribution in [3.05, 3.63) is 23.9 Å². The van der Waals surface area contributed by atoms with Gasteiger partial charge in [-0.15, -0.1) is 0 Å². The van der Waals surface area contributed by atoms with Crippen molar-refractivity contribution in [3.63, 3.8) is 0 Å². The summed E-state index contributed by atoms with van der Waals surface area (Å²) in [4.78, 5) is 6.97. The van der Waals surface area contributed by atoms with Crippen molar-refractivity contribution < 1.29 is 0 Å². The Morgan fingerprint density at radius 3 is 2.82 bits per heavy atom. The van der Waals surface area contributed by atoms with E-state index in [9.17, 15) is 0 Å². The molecule has 1 aromatic rings. The zero-order valence-electron chi connectivity index (χ0n) is 10.7. The van der Waals surface area contributed by atoms with Crippen molar-refractivity contribution in [2.45, 2.75) is 32.6 Å². The van der Waals surface area contributed by atoms with Gasteiger partial charge >= 0.3 is 0 Å². The van der Waals surface area contributed by atoms with Crippen molar-refractivity contribution >= 4 is 5.82 Å². The van der Waals surface area contributed by atoms with Crippen LogP contribution in [0.25, 0.3) is 0 Å². The molecule has 2 heterocycles. The van der Waals surface area contributed by atoms with E-state index in [4.69, 9.17) is 5.73 Å². The van der Waals surface area contributed by atoms with E-state index < -0.39 is 0 Å². The van der Waals surface area contributed by atoms with Gasteiger partial charge in [-0.2, -0.15) is 0 Å². The van der Waals surface area contributed by atoms with Crippen molar-refractivity contribution in [2.24, 2.45) is 11.7 Å². The molecule has 1 aromatic heterocycles. The topological polar surface area (TPSA) is 42.2 Å². The molecule has 2 N–H and O–H groups in total. The Balaban J connectivity index is 2.07. The molecule has 1 aliphatic heterocycles. The lowest BCUT2D eigenvalue weighted by molar-refractivity contribution is 0.393. The molecule has 0 aromatic carbocycles. The number of hydrogen-bond donors (Lipinski definition) is 1. The Kier molecular flexibility index (Phi) is 4.37. The Morgan fingerprint density at radius 2 is 2.18 bits per heavy atom. The number of anilines is 1. The quantitative estimate of drug-likeness (QED) is 0.867. The van der Waals surface area contributed by atoms with Crippen molar-refractivity contribution in [1.82, 2.24) is 4.98 Å². The highest BCUT2D eigenvalue weighted by Crippen LogP contribution is 2.25. The van der Waals surface area contributed by atoms with Gasteiger partial charge in [-0.1, -0.05) is 19.4 Å². The molecule has 0 aliphatic carbocycles. The third-order valence-corrected chi connectivity index (χ3v) is 3.77. The van der Waals surface area contributed by atoms with E-state index in [-0.39, 0.29) is 0 Å². The van der Waals surface area contributed by atoms with Crippen LogP contribution in [0.1, 0.15) is 31.7 Å². The summed E-state index contributed by atoms with van der Waals surface area (Å²) in [6.45, 7) is 5.28. The van der Waals surface area contributed by atoms with Gasteiger partial charge in [0.05, 0.1) is 0 Å². The van der Waals surface area contributed by atoms with E-state index in [1.54, 1.807) is 0 Å². The molecule has 2 rings (SSSR count). The normalized spacial score (nSPS) is 17.4. The maximum absolute atomic E-state index is 5.66. The first kappa shape index (κ1) is 12.4. The molecule has 0 unspecified atom stereocenters. The van der Waals surface area contributed by atoms with Crippen LogP contribution in [0.3, 0.4) is 0 Å². The average Bonchev–Trinajstić information content (AvgIpc) is 2.40. The van der Waals surface area contributed by atoms with Gasteiger partial charge in [0.15, 0.2) is 0 Å². The van der Waals surface area contributed by atoms with Crippen molar-refractivity contribution in [1.29, 1.82) is 0 Å². The molecule has 0 spiro atoms. The molecule has 94 valence electrons. The van der Waals surface area contributed by atoms with Crippen LogP contribution in [0.4, 0.5) is 5.82 Å². The number of pyridine rings is 1. The van der Waals surface area contributed by atoms with Gasteiger partial charge < -0.3 is 10.6 Å². The molecule has 0 atom stereocenters. The van der Waals surface area contributed by atoms with E-state index >= 15 is 0 Å². The summed E-state index contributed by atoms with van der Waals surface area (Å²) in [6.07, 6.45) is 6.73. The molecule has 17 heavy (non-hydrogen) atoms. The Hall–Kier alpha value is -1.09. The van der Waals surface area contributed by atoms with Crippen LogP contribution < -0.4 is 10.6 Å². The van der Waals surface area contributed by atoms with Crippen molar-refractivity contribution in [2.75, 3.05) is 24.5 Å². The van der Waals surface area contributed by atoms with Gasteiger partial charge in [-0.3, -0.25) is 0 Å². The number of piperidine rings is 1. The number of rotatable bonds is 4. The largest absolute Gasteiger partial charge is 0.356 e. The minimum absolute atomic E-state index is 0.699. The van der Waals surface area contributed by atoms with Gasteiger partial charge in [-0.05, 0) is 43.4 Å². The minimum atomic E-state index is 0.699. The first-order valence-electron chi connectivity index (χ1n) is 6.74. The highest BCUT2D eigenvalue weighted by atomic mass is 15.2. The Morgan fingerprint density at radius 1 is 1.41 bits per heavy atom. The summed E-state index contributed by atoms with van der Waals surface area (Å²) in [7, 11) is 0. The Bertz CT molecular complexity index is 343. The van der Waals surface area contributed by atoms with E-state index in [0.717, 1.165) is 31.2 Å². The van der Waals surface area contributed by atoms with Crippen LogP contribution in [-0.4, -0.2) is 24.6 Å². The summed E-state index contributed by atoms with van der Waals surface area (Å²) < 4.78 is 0. The molecular weight excluding hydrogens is 210 g/mol. The molecule has 0 amide bonds. The van der Waals surface area contributed by atoms with Gasteiger partial charge in [0.1, 0.15) is 5.82 Å². The van der Waals surface area contributed by atoms with Crippen molar-refractivity contribution in [3.8, 4) is 0 Å². The minimum Gasteiger partial charge on any atom is -0.356 e. The van der Waals surface area contributed by atoms with Crippen LogP contribution in [-0.2, 0) is 6.42 Å². The Labute approximate surface area is 104 Å². The summed E-state index contributed by atoms with van der Waals surface area (Å²) >= 11 is 0. The first-order chi connectivity index (χ1) is 8.35. The number of nitrogens with two attached hydrogens (primary N) is 1. The van der Waals surface area contributed by atoms with Crippen LogP contribution >= 0.6 is 0 Å². The van der Waals surface area contributed by atoms with E-state index in [2.05, 4.69) is 22.9 Å². The predicted octanol–water partition coefficient (Wildman–Crippen LogP) is 2.21. The number of aromatic nitrogens is 1. The molecule has 0 radical (unpaired) electrons. The van der Waals surface area contributed by atoms with Crippen LogP contribution in [0.15, 0.2) is 18.3 Å². The van der Waals surface area contributed by atoms with E-state index in [1.807, 2.05) is 12.3 Å². The SMILES string of the molecule is CCC1CCN(c2ncccc2CCN)CC1. The fourth-order valence-corrected chi connectivity index (χ4v) is 2.62. The maximum Gasteiger partial charge on any atom is 0.131 e. The van der Waals surface area contributed by atoms with Crippen LogP contribution in [0, 0.1) is 5.92 Å². The molecule has 1 aliphatic rings.